The van der Waals surface area contributed by atoms with Gasteiger partial charge in [-0.25, -0.2) is 0 Å². The van der Waals surface area contributed by atoms with Crippen molar-refractivity contribution in [3.8, 4) is 11.4 Å². The lowest BCUT2D eigenvalue weighted by Crippen LogP contribution is -2.23. The number of nitrogens with zero attached hydrogens (tertiary/aromatic N) is 4. The van der Waals surface area contributed by atoms with E-state index in [1.807, 2.05) is 12.1 Å². The van der Waals surface area contributed by atoms with E-state index >= 15 is 0 Å². The Hall–Kier alpha value is -1.75. The van der Waals surface area contributed by atoms with Gasteiger partial charge in [-0.05, 0) is 18.6 Å². The van der Waals surface area contributed by atoms with Crippen LogP contribution in [0.15, 0.2) is 24.5 Å². The van der Waals surface area contributed by atoms with Crippen LogP contribution < -0.4 is 0 Å². The molecule has 1 N–H and O–H groups in total. The van der Waals surface area contributed by atoms with Gasteiger partial charge in [0.25, 0.3) is 0 Å². The van der Waals surface area contributed by atoms with Gasteiger partial charge in [-0.1, -0.05) is 0 Å². The van der Waals surface area contributed by atoms with Crippen LogP contribution in [-0.2, 0) is 13.0 Å². The molecule has 5 heteroatoms. The van der Waals surface area contributed by atoms with E-state index in [4.69, 9.17) is 0 Å². The SMILES string of the molecule is OCC1CCc2nnc(-c3cccnc3)n2C1. The first-order chi connectivity index (χ1) is 8.38. The molecular weight excluding hydrogens is 216 g/mol. The fraction of sp³-hybridized carbons (Fsp3) is 0.417. The zero-order valence-corrected chi connectivity index (χ0v) is 9.45. The maximum Gasteiger partial charge on any atom is 0.165 e. The van der Waals surface area contributed by atoms with Gasteiger partial charge >= 0.3 is 0 Å². The second-order valence-corrected chi connectivity index (χ2v) is 4.38. The summed E-state index contributed by atoms with van der Waals surface area (Å²) in [6, 6.07) is 3.87. The third-order valence-electron chi connectivity index (χ3n) is 3.22. The highest BCUT2D eigenvalue weighted by molar-refractivity contribution is 5.53. The van der Waals surface area contributed by atoms with E-state index in [-0.39, 0.29) is 6.61 Å². The molecular formula is C12H14N4O. The quantitative estimate of drug-likeness (QED) is 0.832. The third-order valence-corrected chi connectivity index (χ3v) is 3.22. The smallest absolute Gasteiger partial charge is 0.165 e. The minimum absolute atomic E-state index is 0.226. The van der Waals surface area contributed by atoms with Gasteiger partial charge in [0.1, 0.15) is 5.82 Å². The summed E-state index contributed by atoms with van der Waals surface area (Å²) in [5, 5.41) is 17.7. The lowest BCUT2D eigenvalue weighted by molar-refractivity contribution is 0.191. The average Bonchev–Trinajstić information content (AvgIpc) is 2.82. The fourth-order valence-electron chi connectivity index (χ4n) is 2.25. The van der Waals surface area contributed by atoms with Crippen molar-refractivity contribution in [2.75, 3.05) is 6.61 Å². The second kappa shape index (κ2) is 4.25. The number of hydrogen-bond donors (Lipinski definition) is 1. The zero-order valence-electron chi connectivity index (χ0n) is 9.45. The maximum atomic E-state index is 9.25. The molecule has 0 amide bonds. The number of aromatic nitrogens is 4. The molecule has 1 aliphatic heterocycles. The lowest BCUT2D eigenvalue weighted by Gasteiger charge is -2.22. The van der Waals surface area contributed by atoms with Crippen LogP contribution in [0.25, 0.3) is 11.4 Å². The highest BCUT2D eigenvalue weighted by Gasteiger charge is 2.22. The second-order valence-electron chi connectivity index (χ2n) is 4.38. The molecule has 0 radical (unpaired) electrons. The van der Waals surface area contributed by atoms with Gasteiger partial charge < -0.3 is 9.67 Å². The van der Waals surface area contributed by atoms with Gasteiger partial charge in [0.2, 0.25) is 0 Å². The number of aryl methyl sites for hydroxylation is 1. The fourth-order valence-corrected chi connectivity index (χ4v) is 2.25. The van der Waals surface area contributed by atoms with Crippen molar-refractivity contribution in [3.63, 3.8) is 0 Å². The van der Waals surface area contributed by atoms with Crippen LogP contribution in [0.3, 0.4) is 0 Å². The summed E-state index contributed by atoms with van der Waals surface area (Å²) in [5.41, 5.74) is 0.977. The predicted molar refractivity (Wildman–Crippen MR) is 62.1 cm³/mol. The lowest BCUT2D eigenvalue weighted by atomic mass is 10.0. The highest BCUT2D eigenvalue weighted by Crippen LogP contribution is 2.24. The Balaban J connectivity index is 2.00. The maximum absolute atomic E-state index is 9.25. The van der Waals surface area contributed by atoms with Crippen LogP contribution in [-0.4, -0.2) is 31.5 Å². The van der Waals surface area contributed by atoms with Gasteiger partial charge in [-0.15, -0.1) is 10.2 Å². The molecule has 0 spiro atoms. The summed E-state index contributed by atoms with van der Waals surface area (Å²) < 4.78 is 2.10. The minimum atomic E-state index is 0.226. The molecule has 1 unspecified atom stereocenters. The van der Waals surface area contributed by atoms with E-state index in [9.17, 15) is 5.11 Å². The van der Waals surface area contributed by atoms with Gasteiger partial charge in [0.05, 0.1) is 0 Å². The number of rotatable bonds is 2. The van der Waals surface area contributed by atoms with E-state index in [0.29, 0.717) is 5.92 Å². The third kappa shape index (κ3) is 1.82. The molecule has 0 fully saturated rings. The molecule has 1 aliphatic rings. The minimum Gasteiger partial charge on any atom is -0.396 e. The van der Waals surface area contributed by atoms with Crippen LogP contribution in [0.2, 0.25) is 0 Å². The van der Waals surface area contributed by atoms with Crippen molar-refractivity contribution >= 4 is 0 Å². The molecule has 5 nitrogen and oxygen atoms in total. The van der Waals surface area contributed by atoms with Gasteiger partial charge in [-0.2, -0.15) is 0 Å². The monoisotopic (exact) mass is 230 g/mol. The normalized spacial score (nSPS) is 19.0. The van der Waals surface area contributed by atoms with E-state index < -0.39 is 0 Å². The summed E-state index contributed by atoms with van der Waals surface area (Å²) in [6.45, 7) is 1.02. The summed E-state index contributed by atoms with van der Waals surface area (Å²) >= 11 is 0. The molecule has 88 valence electrons. The molecule has 1 atom stereocenters. The largest absolute Gasteiger partial charge is 0.396 e. The van der Waals surface area contributed by atoms with Crippen molar-refractivity contribution in [2.45, 2.75) is 19.4 Å². The standard InChI is InChI=1S/C12H14N4O/c17-8-9-3-4-11-14-15-12(16(11)7-9)10-2-1-5-13-6-10/h1-2,5-6,9,17H,3-4,7-8H2. The first-order valence-corrected chi connectivity index (χ1v) is 5.82. The number of aliphatic hydroxyl groups excluding tert-OH is 1. The van der Waals surface area contributed by atoms with Gasteiger partial charge in [-0.3, -0.25) is 4.98 Å². The van der Waals surface area contributed by atoms with E-state index in [1.165, 1.54) is 0 Å². The van der Waals surface area contributed by atoms with E-state index in [0.717, 1.165) is 36.6 Å². The van der Waals surface area contributed by atoms with Crippen molar-refractivity contribution < 1.29 is 5.11 Å². The van der Waals surface area contributed by atoms with E-state index in [2.05, 4.69) is 19.7 Å². The first-order valence-electron chi connectivity index (χ1n) is 5.82. The van der Waals surface area contributed by atoms with Crippen molar-refractivity contribution in [1.29, 1.82) is 0 Å². The highest BCUT2D eigenvalue weighted by atomic mass is 16.3. The van der Waals surface area contributed by atoms with E-state index in [1.54, 1.807) is 12.4 Å². The van der Waals surface area contributed by atoms with Crippen molar-refractivity contribution in [3.05, 3.63) is 30.4 Å². The number of aliphatic hydroxyl groups is 1. The molecule has 2 aromatic heterocycles. The predicted octanol–water partition coefficient (Wildman–Crippen LogP) is 0.895. The van der Waals surface area contributed by atoms with Crippen LogP contribution in [0.5, 0.6) is 0 Å². The molecule has 17 heavy (non-hydrogen) atoms. The Morgan fingerprint density at radius 1 is 1.41 bits per heavy atom. The van der Waals surface area contributed by atoms with Gasteiger partial charge in [0, 0.05) is 43.4 Å². The molecule has 0 saturated heterocycles. The summed E-state index contributed by atoms with van der Waals surface area (Å²) in [6.07, 6.45) is 5.41. The molecule has 0 aromatic carbocycles. The summed E-state index contributed by atoms with van der Waals surface area (Å²) in [4.78, 5) is 4.10. The first kappa shape index (κ1) is 10.4. The number of hydrogen-bond acceptors (Lipinski definition) is 4. The van der Waals surface area contributed by atoms with Crippen LogP contribution in [0.1, 0.15) is 12.2 Å². The summed E-state index contributed by atoms with van der Waals surface area (Å²) in [5.74, 6) is 2.17. The Bertz CT molecular complexity index is 508. The van der Waals surface area contributed by atoms with Crippen LogP contribution >= 0.6 is 0 Å². The van der Waals surface area contributed by atoms with Crippen LogP contribution in [0.4, 0.5) is 0 Å². The topological polar surface area (TPSA) is 63.8 Å². The molecule has 2 aromatic rings. The number of pyridine rings is 1. The Morgan fingerprint density at radius 2 is 2.35 bits per heavy atom. The zero-order chi connectivity index (χ0) is 11.7. The number of fused-ring (bicyclic) bond motifs is 1. The summed E-state index contributed by atoms with van der Waals surface area (Å²) in [7, 11) is 0. The average molecular weight is 230 g/mol. The molecule has 3 heterocycles. The molecule has 0 bridgehead atoms. The molecule has 0 aliphatic carbocycles. The van der Waals surface area contributed by atoms with Crippen molar-refractivity contribution in [2.24, 2.45) is 5.92 Å². The Morgan fingerprint density at radius 3 is 3.12 bits per heavy atom. The van der Waals surface area contributed by atoms with Crippen molar-refractivity contribution in [1.82, 2.24) is 19.7 Å². The Labute approximate surface area is 99.1 Å². The molecule has 3 rings (SSSR count). The Kier molecular flexibility index (Phi) is 2.60. The van der Waals surface area contributed by atoms with Crippen LogP contribution in [0, 0.1) is 5.92 Å². The molecule has 0 saturated carbocycles. The van der Waals surface area contributed by atoms with Gasteiger partial charge in [0.15, 0.2) is 5.82 Å².